The van der Waals surface area contributed by atoms with Gasteiger partial charge in [0, 0.05) is 12.8 Å². The number of rotatable bonds is 4. The standard InChI is InChI=1S/C11H21NO4S/c1-3-16-10(13)11(8-12)6-4-9(5-7-11)17(2,14)15/h9H,3-8,12H2,1-2H3/t9-,11+. The van der Waals surface area contributed by atoms with Crippen LogP contribution in [-0.4, -0.2) is 39.0 Å². The topological polar surface area (TPSA) is 86.5 Å². The molecule has 5 nitrogen and oxygen atoms in total. The molecule has 1 fully saturated rings. The highest BCUT2D eigenvalue weighted by atomic mass is 32.2. The largest absolute Gasteiger partial charge is 0.466 e. The Bertz CT molecular complexity index is 369. The second kappa shape index (κ2) is 5.35. The van der Waals surface area contributed by atoms with Crippen molar-refractivity contribution in [3.63, 3.8) is 0 Å². The summed E-state index contributed by atoms with van der Waals surface area (Å²) in [5.41, 5.74) is 5.00. The summed E-state index contributed by atoms with van der Waals surface area (Å²) in [6.07, 6.45) is 3.24. The lowest BCUT2D eigenvalue weighted by atomic mass is 9.74. The van der Waals surface area contributed by atoms with Gasteiger partial charge >= 0.3 is 5.97 Å². The Morgan fingerprint density at radius 2 is 1.94 bits per heavy atom. The summed E-state index contributed by atoms with van der Waals surface area (Å²) in [5.74, 6) is -0.283. The van der Waals surface area contributed by atoms with Gasteiger partial charge in [-0.1, -0.05) is 0 Å². The average Bonchev–Trinajstić information content (AvgIpc) is 2.28. The van der Waals surface area contributed by atoms with Crippen LogP contribution in [0.1, 0.15) is 32.6 Å². The van der Waals surface area contributed by atoms with E-state index in [1.54, 1.807) is 6.92 Å². The molecular weight excluding hydrogens is 242 g/mol. The van der Waals surface area contributed by atoms with Gasteiger partial charge in [-0.25, -0.2) is 8.42 Å². The highest BCUT2D eigenvalue weighted by molar-refractivity contribution is 7.91. The lowest BCUT2D eigenvalue weighted by molar-refractivity contribution is -0.156. The van der Waals surface area contributed by atoms with Crippen molar-refractivity contribution < 1.29 is 17.9 Å². The van der Waals surface area contributed by atoms with Gasteiger partial charge in [0.15, 0.2) is 0 Å². The maximum atomic E-state index is 11.9. The van der Waals surface area contributed by atoms with E-state index in [1.165, 1.54) is 6.26 Å². The predicted molar refractivity (Wildman–Crippen MR) is 65.2 cm³/mol. The Morgan fingerprint density at radius 1 is 1.41 bits per heavy atom. The Kier molecular flexibility index (Phi) is 4.55. The molecule has 0 aromatic rings. The summed E-state index contributed by atoms with van der Waals surface area (Å²) in [7, 11) is -3.02. The second-order valence-electron chi connectivity index (χ2n) is 4.73. The van der Waals surface area contributed by atoms with E-state index in [4.69, 9.17) is 10.5 Å². The Morgan fingerprint density at radius 3 is 2.29 bits per heavy atom. The third kappa shape index (κ3) is 3.19. The van der Waals surface area contributed by atoms with Crippen molar-refractivity contribution >= 4 is 15.8 Å². The normalized spacial score (nSPS) is 29.9. The molecule has 1 aliphatic rings. The lowest BCUT2D eigenvalue weighted by Gasteiger charge is -2.36. The number of hydrogen-bond acceptors (Lipinski definition) is 5. The van der Waals surface area contributed by atoms with Crippen LogP contribution in [-0.2, 0) is 19.4 Å². The SMILES string of the molecule is CCOC(=O)[C@]1(CN)CC[C@H](S(C)(=O)=O)CC1. The first kappa shape index (κ1) is 14.4. The molecule has 0 saturated heterocycles. The van der Waals surface area contributed by atoms with Crippen LogP contribution in [0.25, 0.3) is 0 Å². The van der Waals surface area contributed by atoms with Crippen molar-refractivity contribution in [1.29, 1.82) is 0 Å². The van der Waals surface area contributed by atoms with Gasteiger partial charge in [-0.3, -0.25) is 4.79 Å². The quantitative estimate of drug-likeness (QED) is 0.746. The maximum absolute atomic E-state index is 11.9. The summed E-state index contributed by atoms with van der Waals surface area (Å²) in [4.78, 5) is 11.9. The van der Waals surface area contributed by atoms with Gasteiger partial charge in [-0.15, -0.1) is 0 Å². The molecular formula is C11H21NO4S. The van der Waals surface area contributed by atoms with E-state index in [0.717, 1.165) is 0 Å². The van der Waals surface area contributed by atoms with Gasteiger partial charge in [0.25, 0.3) is 0 Å². The first-order valence-corrected chi connectivity index (χ1v) is 7.87. The second-order valence-corrected chi connectivity index (χ2v) is 7.06. The van der Waals surface area contributed by atoms with E-state index in [0.29, 0.717) is 32.3 Å². The van der Waals surface area contributed by atoms with Crippen molar-refractivity contribution in [2.45, 2.75) is 37.9 Å². The van der Waals surface area contributed by atoms with E-state index in [2.05, 4.69) is 0 Å². The molecule has 0 atom stereocenters. The fourth-order valence-corrected chi connectivity index (χ4v) is 3.44. The lowest BCUT2D eigenvalue weighted by Crippen LogP contribution is -2.45. The van der Waals surface area contributed by atoms with Crippen LogP contribution in [0, 0.1) is 5.41 Å². The molecule has 0 aliphatic heterocycles. The molecule has 2 N–H and O–H groups in total. The highest BCUT2D eigenvalue weighted by Gasteiger charge is 2.43. The van der Waals surface area contributed by atoms with Crippen LogP contribution in [0.15, 0.2) is 0 Å². The summed E-state index contributed by atoms with van der Waals surface area (Å²) >= 11 is 0. The van der Waals surface area contributed by atoms with Gasteiger partial charge in [0.2, 0.25) is 0 Å². The zero-order valence-electron chi connectivity index (χ0n) is 10.4. The van der Waals surface area contributed by atoms with Crippen LogP contribution < -0.4 is 5.73 Å². The third-order valence-electron chi connectivity index (χ3n) is 3.59. The first-order valence-electron chi connectivity index (χ1n) is 5.92. The van der Waals surface area contributed by atoms with Gasteiger partial charge in [0.1, 0.15) is 9.84 Å². The molecule has 6 heteroatoms. The number of carbonyl (C=O) groups is 1. The summed E-state index contributed by atoms with van der Waals surface area (Å²) in [6.45, 7) is 2.31. The van der Waals surface area contributed by atoms with Gasteiger partial charge < -0.3 is 10.5 Å². The number of carbonyl (C=O) groups excluding carboxylic acids is 1. The van der Waals surface area contributed by atoms with Gasteiger partial charge in [-0.2, -0.15) is 0 Å². The molecule has 100 valence electrons. The Hall–Kier alpha value is -0.620. The van der Waals surface area contributed by atoms with E-state index in [9.17, 15) is 13.2 Å². The van der Waals surface area contributed by atoms with Crippen molar-refractivity contribution in [2.75, 3.05) is 19.4 Å². The molecule has 0 aromatic carbocycles. The van der Waals surface area contributed by atoms with E-state index >= 15 is 0 Å². The minimum absolute atomic E-state index is 0.225. The number of nitrogens with two attached hydrogens (primary N) is 1. The minimum Gasteiger partial charge on any atom is -0.466 e. The molecule has 0 bridgehead atoms. The molecule has 1 saturated carbocycles. The molecule has 0 unspecified atom stereocenters. The number of ether oxygens (including phenoxy) is 1. The van der Waals surface area contributed by atoms with Gasteiger partial charge in [0.05, 0.1) is 17.3 Å². The third-order valence-corrected chi connectivity index (χ3v) is 5.28. The van der Waals surface area contributed by atoms with Crippen LogP contribution in [0.2, 0.25) is 0 Å². The summed E-state index contributed by atoms with van der Waals surface area (Å²) < 4.78 is 27.9. The molecule has 0 spiro atoms. The summed E-state index contributed by atoms with van der Waals surface area (Å²) in [6, 6.07) is 0. The molecule has 0 heterocycles. The van der Waals surface area contributed by atoms with Crippen molar-refractivity contribution in [3.05, 3.63) is 0 Å². The molecule has 0 aromatic heterocycles. The predicted octanol–water partition coefficient (Wildman–Crippen LogP) is 0.482. The van der Waals surface area contributed by atoms with Crippen molar-refractivity contribution in [2.24, 2.45) is 11.1 Å². The highest BCUT2D eigenvalue weighted by Crippen LogP contribution is 2.38. The molecule has 0 amide bonds. The molecule has 1 rings (SSSR count). The fourth-order valence-electron chi connectivity index (χ4n) is 2.35. The Balaban J connectivity index is 2.73. The van der Waals surface area contributed by atoms with Crippen LogP contribution in [0.4, 0.5) is 0 Å². The molecule has 1 aliphatic carbocycles. The smallest absolute Gasteiger partial charge is 0.313 e. The zero-order chi connectivity index (χ0) is 13.1. The minimum atomic E-state index is -3.02. The van der Waals surface area contributed by atoms with Gasteiger partial charge in [-0.05, 0) is 32.6 Å². The monoisotopic (exact) mass is 263 g/mol. The van der Waals surface area contributed by atoms with E-state index in [-0.39, 0.29) is 17.8 Å². The van der Waals surface area contributed by atoms with E-state index in [1.807, 2.05) is 0 Å². The van der Waals surface area contributed by atoms with Crippen LogP contribution in [0.5, 0.6) is 0 Å². The number of hydrogen-bond donors (Lipinski definition) is 1. The van der Waals surface area contributed by atoms with Crippen LogP contribution in [0.3, 0.4) is 0 Å². The number of esters is 1. The first-order chi connectivity index (χ1) is 7.85. The number of sulfone groups is 1. The van der Waals surface area contributed by atoms with Crippen molar-refractivity contribution in [3.8, 4) is 0 Å². The van der Waals surface area contributed by atoms with Crippen molar-refractivity contribution in [1.82, 2.24) is 0 Å². The zero-order valence-corrected chi connectivity index (χ0v) is 11.3. The summed E-state index contributed by atoms with van der Waals surface area (Å²) in [5, 5.41) is -0.336. The fraction of sp³-hybridized carbons (Fsp3) is 0.909. The maximum Gasteiger partial charge on any atom is 0.313 e. The average molecular weight is 263 g/mol. The molecule has 0 radical (unpaired) electrons. The Labute approximate surface area is 103 Å². The van der Waals surface area contributed by atoms with Crippen LogP contribution >= 0.6 is 0 Å². The van der Waals surface area contributed by atoms with E-state index < -0.39 is 15.3 Å². The molecule has 17 heavy (non-hydrogen) atoms.